The van der Waals surface area contributed by atoms with Crippen LogP contribution in [0.25, 0.3) is 114 Å². The second-order valence-corrected chi connectivity index (χ2v) is 17.6. The lowest BCUT2D eigenvalue weighted by Gasteiger charge is -2.27. The molecule has 0 saturated heterocycles. The van der Waals surface area contributed by atoms with Crippen molar-refractivity contribution in [2.24, 2.45) is 0 Å². The fourth-order valence-electron chi connectivity index (χ4n) is 11.2. The van der Waals surface area contributed by atoms with Crippen LogP contribution in [0.3, 0.4) is 0 Å². The van der Waals surface area contributed by atoms with Gasteiger partial charge >= 0.3 is 0 Å². The van der Waals surface area contributed by atoms with E-state index in [2.05, 4.69) is 252 Å². The van der Waals surface area contributed by atoms with Crippen LogP contribution < -0.4 is 4.90 Å². The minimum Gasteiger partial charge on any atom is -0.310 e. The highest BCUT2D eigenvalue weighted by atomic mass is 15.1. The first kappa shape index (κ1) is 36.7. The van der Waals surface area contributed by atoms with E-state index in [9.17, 15) is 0 Å². The fourth-order valence-corrected chi connectivity index (χ4v) is 11.2. The normalized spacial score (nSPS) is 11.9. The molecule has 0 bridgehead atoms. The molecule has 14 rings (SSSR count). The number of hydrogen-bond donors (Lipinski definition) is 0. The minimum absolute atomic E-state index is 1.09. The van der Waals surface area contributed by atoms with Crippen LogP contribution in [-0.2, 0) is 0 Å². The maximum Gasteiger partial charge on any atom is 0.0547 e. The van der Waals surface area contributed by atoms with Gasteiger partial charge < -0.3 is 9.47 Å². The summed E-state index contributed by atoms with van der Waals surface area (Å²) >= 11 is 0. The van der Waals surface area contributed by atoms with Crippen molar-refractivity contribution in [2.75, 3.05) is 4.90 Å². The van der Waals surface area contributed by atoms with E-state index < -0.39 is 0 Å². The van der Waals surface area contributed by atoms with Crippen molar-refractivity contribution in [3.63, 3.8) is 0 Å². The Morgan fingerprint density at radius 2 is 0.727 bits per heavy atom. The van der Waals surface area contributed by atoms with Crippen LogP contribution in [0.5, 0.6) is 0 Å². The van der Waals surface area contributed by atoms with Crippen molar-refractivity contribution in [2.45, 2.75) is 0 Å². The van der Waals surface area contributed by atoms with Gasteiger partial charge in [-0.3, -0.25) is 0 Å². The smallest absolute Gasteiger partial charge is 0.0547 e. The van der Waals surface area contributed by atoms with Crippen LogP contribution in [0.15, 0.2) is 243 Å². The zero-order valence-electron chi connectivity index (χ0n) is 36.0. The van der Waals surface area contributed by atoms with E-state index >= 15 is 0 Å². The lowest BCUT2D eigenvalue weighted by Crippen LogP contribution is -2.10. The summed E-state index contributed by atoms with van der Waals surface area (Å²) in [4.78, 5) is 2.44. The summed E-state index contributed by atoms with van der Waals surface area (Å²) in [6.07, 6.45) is 0. The number of para-hydroxylation sites is 2. The van der Waals surface area contributed by atoms with Gasteiger partial charge in [-0.05, 0) is 148 Å². The lowest BCUT2D eigenvalue weighted by molar-refractivity contribution is 1.18. The molecule has 2 heteroatoms. The molecule has 14 aromatic rings. The molecule has 0 atom stereocenters. The maximum absolute atomic E-state index is 2.46. The summed E-state index contributed by atoms with van der Waals surface area (Å²) in [5.74, 6) is 0. The molecule has 0 aliphatic heterocycles. The molecule has 1 aromatic heterocycles. The monoisotopic (exact) mass is 836 g/mol. The topological polar surface area (TPSA) is 8.17 Å². The van der Waals surface area contributed by atoms with Crippen molar-refractivity contribution in [1.82, 2.24) is 4.57 Å². The maximum atomic E-state index is 2.46. The van der Waals surface area contributed by atoms with Gasteiger partial charge in [-0.25, -0.2) is 0 Å². The van der Waals surface area contributed by atoms with E-state index in [-0.39, 0.29) is 0 Å². The van der Waals surface area contributed by atoms with E-state index in [4.69, 9.17) is 0 Å². The molecule has 0 aliphatic rings. The summed E-state index contributed by atoms with van der Waals surface area (Å²) in [6, 6.07) is 89.7. The molecule has 0 amide bonds. The second-order valence-electron chi connectivity index (χ2n) is 17.6. The molecule has 0 aliphatic carbocycles. The molecule has 1 heterocycles. The first-order valence-electron chi connectivity index (χ1n) is 22.8. The van der Waals surface area contributed by atoms with Crippen LogP contribution in [0.1, 0.15) is 0 Å². The summed E-state index contributed by atoms with van der Waals surface area (Å²) in [5, 5.41) is 17.8. The Labute approximate surface area is 381 Å². The van der Waals surface area contributed by atoms with E-state index in [1.165, 1.54) is 109 Å². The molecular formula is C64H40N2. The van der Waals surface area contributed by atoms with Gasteiger partial charge in [0, 0.05) is 33.5 Å². The Hall–Kier alpha value is -8.72. The van der Waals surface area contributed by atoms with Gasteiger partial charge in [0.1, 0.15) is 0 Å². The number of benzene rings is 12. The lowest BCUT2D eigenvalue weighted by atomic mass is 9.87. The van der Waals surface area contributed by atoms with Crippen molar-refractivity contribution in [3.05, 3.63) is 243 Å². The van der Waals surface area contributed by atoms with Gasteiger partial charge in [-0.2, -0.15) is 0 Å². The Morgan fingerprint density at radius 3 is 1.36 bits per heavy atom. The molecule has 0 radical (unpaired) electrons. The predicted molar refractivity (Wildman–Crippen MR) is 283 cm³/mol. The van der Waals surface area contributed by atoms with Gasteiger partial charge in [-0.1, -0.05) is 182 Å². The molecule has 0 saturated carbocycles. The molecule has 0 fully saturated rings. The van der Waals surface area contributed by atoms with Gasteiger partial charge in [0.2, 0.25) is 0 Å². The zero-order valence-corrected chi connectivity index (χ0v) is 36.0. The molecule has 66 heavy (non-hydrogen) atoms. The Kier molecular flexibility index (Phi) is 8.02. The van der Waals surface area contributed by atoms with Gasteiger partial charge in [0.05, 0.1) is 11.0 Å². The number of fused-ring (bicyclic) bond motifs is 5. The van der Waals surface area contributed by atoms with Crippen LogP contribution in [-0.4, -0.2) is 4.57 Å². The van der Waals surface area contributed by atoms with Crippen LogP contribution in [0, 0.1) is 0 Å². The van der Waals surface area contributed by atoms with Crippen LogP contribution >= 0.6 is 0 Å². The second kappa shape index (κ2) is 14.4. The van der Waals surface area contributed by atoms with Crippen molar-refractivity contribution < 1.29 is 0 Å². The Bertz CT molecular complexity index is 4180. The molecule has 0 unspecified atom stereocenters. The summed E-state index contributed by atoms with van der Waals surface area (Å²) in [7, 11) is 0. The first-order valence-corrected chi connectivity index (χ1v) is 22.8. The molecular weight excluding hydrogens is 797 g/mol. The number of nitrogens with zero attached hydrogens (tertiary/aromatic N) is 2. The molecule has 0 spiro atoms. The van der Waals surface area contributed by atoms with E-state index in [0.29, 0.717) is 0 Å². The quantitative estimate of drug-likeness (QED) is 0.152. The first-order chi connectivity index (χ1) is 32.7. The zero-order chi connectivity index (χ0) is 43.3. The average Bonchev–Trinajstić information content (AvgIpc) is 3.73. The SMILES string of the molecule is c1ccc(-c2ccc(N(c3ccc(-c4cccc5c4c4ccccc4n5-c4ccccc4)cc3)c3cc4ccc5cccc6c7cccc8ccc9cccc(c(c3)c4c56)c9c87)cc2)cc1. The van der Waals surface area contributed by atoms with Crippen LogP contribution in [0.2, 0.25) is 0 Å². The summed E-state index contributed by atoms with van der Waals surface area (Å²) in [6.45, 7) is 0. The van der Waals surface area contributed by atoms with E-state index in [1.807, 2.05) is 0 Å². The summed E-state index contributed by atoms with van der Waals surface area (Å²) in [5.41, 5.74) is 11.7. The van der Waals surface area contributed by atoms with Crippen molar-refractivity contribution >= 4 is 104 Å². The number of hydrogen-bond acceptors (Lipinski definition) is 1. The number of anilines is 3. The minimum atomic E-state index is 1.09. The third-order valence-corrected chi connectivity index (χ3v) is 14.0. The Balaban J connectivity index is 1.02. The molecule has 2 nitrogen and oxygen atoms in total. The van der Waals surface area contributed by atoms with Crippen molar-refractivity contribution in [1.29, 1.82) is 0 Å². The molecule has 306 valence electrons. The molecule has 0 N–H and O–H groups in total. The number of aromatic nitrogens is 1. The predicted octanol–water partition coefficient (Wildman–Crippen LogP) is 17.9. The highest BCUT2D eigenvalue weighted by molar-refractivity contribution is 6.37. The largest absolute Gasteiger partial charge is 0.310 e. The summed E-state index contributed by atoms with van der Waals surface area (Å²) < 4.78 is 2.39. The third kappa shape index (κ3) is 5.49. The highest BCUT2D eigenvalue weighted by Gasteiger charge is 2.21. The van der Waals surface area contributed by atoms with Crippen molar-refractivity contribution in [3.8, 4) is 27.9 Å². The van der Waals surface area contributed by atoms with E-state index in [0.717, 1.165) is 22.7 Å². The average molecular weight is 837 g/mol. The number of rotatable bonds is 6. The fraction of sp³-hybridized carbons (Fsp3) is 0. The highest BCUT2D eigenvalue weighted by Crippen LogP contribution is 2.47. The van der Waals surface area contributed by atoms with Gasteiger partial charge in [0.25, 0.3) is 0 Å². The third-order valence-electron chi connectivity index (χ3n) is 14.0. The Morgan fingerprint density at radius 1 is 0.258 bits per heavy atom. The van der Waals surface area contributed by atoms with Crippen LogP contribution in [0.4, 0.5) is 17.1 Å². The molecule has 13 aromatic carbocycles. The van der Waals surface area contributed by atoms with E-state index in [1.54, 1.807) is 0 Å². The van der Waals surface area contributed by atoms with Gasteiger partial charge in [0.15, 0.2) is 0 Å². The van der Waals surface area contributed by atoms with Gasteiger partial charge in [-0.15, -0.1) is 0 Å². The standard InChI is InChI=1S/C64H40N2/c1-3-13-41(14-4-1)42-31-35-49(36-32-42)65(50-37-33-43(34-38-50)52-21-12-26-59-64(52)56-20-7-8-25-58(56)66(59)48-18-5-2-6-19-48)51-39-47-30-29-46-16-10-23-54-53-22-9-15-44-27-28-45-17-11-24-55(62(45)60(44)53)57(40-51)63(47)61(46)54/h1-40H.